The number of fused-ring (bicyclic) bond motifs is 1. The van der Waals surface area contributed by atoms with E-state index in [1.54, 1.807) is 0 Å². The summed E-state index contributed by atoms with van der Waals surface area (Å²) in [5.74, 6) is 0.00608. The molecule has 1 amide bonds. The van der Waals surface area contributed by atoms with Gasteiger partial charge in [0.25, 0.3) is 5.91 Å². The van der Waals surface area contributed by atoms with Crippen molar-refractivity contribution in [3.05, 3.63) is 54.1 Å². The van der Waals surface area contributed by atoms with E-state index in [9.17, 15) is 13.6 Å². The van der Waals surface area contributed by atoms with E-state index >= 15 is 0 Å². The number of carbonyl (C=O) groups excluding carboxylic acids is 1. The largest absolute Gasteiger partial charge is 0.493 e. The van der Waals surface area contributed by atoms with Crippen molar-refractivity contribution in [1.29, 1.82) is 0 Å². The molecule has 2 aromatic carbocycles. The number of rotatable bonds is 6. The Bertz CT molecular complexity index is 921. The highest BCUT2D eigenvalue weighted by Crippen LogP contribution is 2.29. The summed E-state index contributed by atoms with van der Waals surface area (Å²) in [4.78, 5) is 19.2. The SMILES string of the molecule is COc1cc(C=CC(=O)Nc2nc3ccccc3[nH]2)ccc1OC(F)F. The van der Waals surface area contributed by atoms with Gasteiger partial charge in [0.2, 0.25) is 5.95 Å². The summed E-state index contributed by atoms with van der Waals surface area (Å²) in [7, 11) is 1.34. The predicted octanol–water partition coefficient (Wildman–Crippen LogP) is 3.82. The molecule has 0 unspecified atom stereocenters. The van der Waals surface area contributed by atoms with Gasteiger partial charge in [-0.05, 0) is 35.9 Å². The minimum Gasteiger partial charge on any atom is -0.493 e. The number of halogens is 2. The maximum absolute atomic E-state index is 12.3. The molecular formula is C18H15F2N3O3. The van der Waals surface area contributed by atoms with Crippen LogP contribution in [0.2, 0.25) is 0 Å². The molecule has 6 nitrogen and oxygen atoms in total. The Hall–Kier alpha value is -3.42. The number of hydrogen-bond donors (Lipinski definition) is 2. The van der Waals surface area contributed by atoms with Crippen LogP contribution in [0, 0.1) is 0 Å². The van der Waals surface area contributed by atoms with E-state index in [4.69, 9.17) is 4.74 Å². The molecule has 0 saturated carbocycles. The monoisotopic (exact) mass is 359 g/mol. The number of aromatic nitrogens is 2. The molecule has 0 aliphatic rings. The van der Waals surface area contributed by atoms with Gasteiger partial charge in [-0.15, -0.1) is 0 Å². The molecule has 8 heteroatoms. The van der Waals surface area contributed by atoms with Crippen LogP contribution < -0.4 is 14.8 Å². The summed E-state index contributed by atoms with van der Waals surface area (Å²) in [6.45, 7) is -2.94. The first-order chi connectivity index (χ1) is 12.5. The zero-order valence-electron chi connectivity index (χ0n) is 13.7. The van der Waals surface area contributed by atoms with Crippen molar-refractivity contribution >= 4 is 29.0 Å². The maximum Gasteiger partial charge on any atom is 0.387 e. The van der Waals surface area contributed by atoms with Gasteiger partial charge in [0.15, 0.2) is 11.5 Å². The summed E-state index contributed by atoms with van der Waals surface area (Å²) in [6.07, 6.45) is 2.82. The van der Waals surface area contributed by atoms with E-state index in [0.717, 1.165) is 11.0 Å². The van der Waals surface area contributed by atoms with Crippen LogP contribution in [0.3, 0.4) is 0 Å². The Morgan fingerprint density at radius 2 is 2.04 bits per heavy atom. The van der Waals surface area contributed by atoms with Crippen LogP contribution in [0.5, 0.6) is 11.5 Å². The number of methoxy groups -OCH3 is 1. The van der Waals surface area contributed by atoms with Crippen molar-refractivity contribution in [3.63, 3.8) is 0 Å². The van der Waals surface area contributed by atoms with E-state index in [1.165, 1.54) is 37.5 Å². The smallest absolute Gasteiger partial charge is 0.387 e. The third kappa shape index (κ3) is 4.15. The molecule has 0 radical (unpaired) electrons. The lowest BCUT2D eigenvalue weighted by Crippen LogP contribution is -2.08. The second-order valence-electron chi connectivity index (χ2n) is 5.21. The van der Waals surface area contributed by atoms with E-state index in [0.29, 0.717) is 11.5 Å². The molecule has 26 heavy (non-hydrogen) atoms. The second-order valence-corrected chi connectivity index (χ2v) is 5.21. The van der Waals surface area contributed by atoms with Crippen LogP contribution in [-0.4, -0.2) is 29.6 Å². The van der Waals surface area contributed by atoms with E-state index in [1.807, 2.05) is 24.3 Å². The minimum absolute atomic E-state index is 0.0774. The van der Waals surface area contributed by atoms with Gasteiger partial charge in [-0.1, -0.05) is 18.2 Å². The van der Waals surface area contributed by atoms with Crippen LogP contribution >= 0.6 is 0 Å². The lowest BCUT2D eigenvalue weighted by Gasteiger charge is -2.10. The summed E-state index contributed by atoms with van der Waals surface area (Å²) < 4.78 is 34.0. The molecule has 2 N–H and O–H groups in total. The number of H-pyrrole nitrogens is 1. The third-order valence-corrected chi connectivity index (χ3v) is 3.46. The fraction of sp³-hybridized carbons (Fsp3) is 0.111. The van der Waals surface area contributed by atoms with Crippen LogP contribution in [0.1, 0.15) is 5.56 Å². The molecule has 1 aromatic heterocycles. The van der Waals surface area contributed by atoms with E-state index < -0.39 is 12.5 Å². The number of anilines is 1. The lowest BCUT2D eigenvalue weighted by molar-refractivity contribution is -0.111. The molecule has 0 saturated heterocycles. The first kappa shape index (κ1) is 17.4. The number of amides is 1. The first-order valence-electron chi connectivity index (χ1n) is 7.62. The normalized spacial score (nSPS) is 11.2. The number of nitrogens with zero attached hydrogens (tertiary/aromatic N) is 1. The molecular weight excluding hydrogens is 344 g/mol. The minimum atomic E-state index is -2.94. The molecule has 0 aliphatic carbocycles. The van der Waals surface area contributed by atoms with Gasteiger partial charge in [-0.2, -0.15) is 8.78 Å². The van der Waals surface area contributed by atoms with Gasteiger partial charge in [0.1, 0.15) is 0 Å². The predicted molar refractivity (Wildman–Crippen MR) is 93.4 cm³/mol. The van der Waals surface area contributed by atoms with Crippen molar-refractivity contribution in [2.45, 2.75) is 6.61 Å². The number of hydrogen-bond acceptors (Lipinski definition) is 4. The second kappa shape index (κ2) is 7.64. The zero-order chi connectivity index (χ0) is 18.5. The highest BCUT2D eigenvalue weighted by Gasteiger charge is 2.10. The van der Waals surface area contributed by atoms with Crippen molar-refractivity contribution < 1.29 is 23.0 Å². The van der Waals surface area contributed by atoms with Crippen LogP contribution in [-0.2, 0) is 4.79 Å². The van der Waals surface area contributed by atoms with Gasteiger partial charge >= 0.3 is 6.61 Å². The Balaban J connectivity index is 1.69. The highest BCUT2D eigenvalue weighted by molar-refractivity contribution is 6.01. The van der Waals surface area contributed by atoms with Crippen molar-refractivity contribution in [3.8, 4) is 11.5 Å². The average Bonchev–Trinajstić information content (AvgIpc) is 3.02. The quantitative estimate of drug-likeness (QED) is 0.656. The number of ether oxygens (including phenoxy) is 2. The zero-order valence-corrected chi connectivity index (χ0v) is 13.7. The molecule has 0 aliphatic heterocycles. The molecule has 0 fully saturated rings. The Morgan fingerprint density at radius 3 is 2.77 bits per heavy atom. The summed E-state index contributed by atoms with van der Waals surface area (Å²) in [6, 6.07) is 11.8. The van der Waals surface area contributed by atoms with Gasteiger partial charge in [0, 0.05) is 6.08 Å². The van der Waals surface area contributed by atoms with E-state index in [2.05, 4.69) is 20.0 Å². The number of aromatic amines is 1. The molecule has 1 heterocycles. The standard InChI is InChI=1S/C18H15F2N3O3/c1-25-15-10-11(6-8-14(15)26-17(19)20)7-9-16(24)23-18-21-12-4-2-3-5-13(12)22-18/h2-10,17H,1H3,(H2,21,22,23,24). The lowest BCUT2D eigenvalue weighted by atomic mass is 10.2. The van der Waals surface area contributed by atoms with Crippen molar-refractivity contribution in [2.75, 3.05) is 12.4 Å². The third-order valence-electron chi connectivity index (χ3n) is 3.46. The van der Waals surface area contributed by atoms with Gasteiger partial charge in [-0.3, -0.25) is 10.1 Å². The number of para-hydroxylation sites is 2. The van der Waals surface area contributed by atoms with Gasteiger partial charge < -0.3 is 14.5 Å². The van der Waals surface area contributed by atoms with Crippen LogP contribution in [0.25, 0.3) is 17.1 Å². The number of carbonyl (C=O) groups is 1. The molecule has 134 valence electrons. The molecule has 0 spiro atoms. The Labute approximate surface area is 147 Å². The number of nitrogens with one attached hydrogen (secondary N) is 2. The number of benzene rings is 2. The van der Waals surface area contributed by atoms with E-state index in [-0.39, 0.29) is 11.5 Å². The summed E-state index contributed by atoms with van der Waals surface area (Å²) >= 11 is 0. The Kier molecular flexibility index (Phi) is 5.12. The average molecular weight is 359 g/mol. The molecule has 3 aromatic rings. The molecule has 3 rings (SSSR count). The van der Waals surface area contributed by atoms with Crippen molar-refractivity contribution in [1.82, 2.24) is 9.97 Å². The number of alkyl halides is 2. The number of imidazole rings is 1. The molecule has 0 bridgehead atoms. The van der Waals surface area contributed by atoms with Crippen molar-refractivity contribution in [2.24, 2.45) is 0 Å². The van der Waals surface area contributed by atoms with Gasteiger partial charge in [0.05, 0.1) is 18.1 Å². The summed E-state index contributed by atoms with van der Waals surface area (Å²) in [5.41, 5.74) is 2.14. The maximum atomic E-state index is 12.3. The van der Waals surface area contributed by atoms with Crippen LogP contribution in [0.15, 0.2) is 48.5 Å². The first-order valence-corrected chi connectivity index (χ1v) is 7.62. The highest BCUT2D eigenvalue weighted by atomic mass is 19.3. The molecule has 0 atom stereocenters. The fourth-order valence-electron chi connectivity index (χ4n) is 2.32. The summed E-state index contributed by atoms with van der Waals surface area (Å²) in [5, 5.41) is 2.62. The van der Waals surface area contributed by atoms with Gasteiger partial charge in [-0.25, -0.2) is 4.98 Å². The van der Waals surface area contributed by atoms with Crippen LogP contribution in [0.4, 0.5) is 14.7 Å². The Morgan fingerprint density at radius 1 is 1.23 bits per heavy atom. The topological polar surface area (TPSA) is 76.2 Å². The fourth-order valence-corrected chi connectivity index (χ4v) is 2.32.